The fraction of sp³-hybridized carbons (Fsp3) is 0.211. The molecule has 2 aromatic carbocycles. The Labute approximate surface area is 153 Å². The first-order chi connectivity index (χ1) is 12.7. The van der Waals surface area contributed by atoms with Crippen LogP contribution in [0, 0.1) is 5.82 Å². The first kappa shape index (κ1) is 16.8. The highest BCUT2D eigenvalue weighted by Gasteiger charge is 2.16. The standard InChI is InChI=1S/C19H17FN4OS/c1-2-10-23-17(25)15-8-3-4-9-16(15)24-18(23)21-22-19(24)26-12-13-6-5-7-14(20)11-13/h3-9,11H,2,10,12H2,1H3. The first-order valence-corrected chi connectivity index (χ1v) is 9.41. The van der Waals surface area contributed by atoms with E-state index in [1.807, 2.05) is 41.7 Å². The molecule has 2 aromatic heterocycles. The van der Waals surface area contributed by atoms with Gasteiger partial charge in [0.1, 0.15) is 5.82 Å². The van der Waals surface area contributed by atoms with Gasteiger partial charge in [0.2, 0.25) is 5.78 Å². The fourth-order valence-corrected chi connectivity index (χ4v) is 3.91. The molecule has 0 amide bonds. The molecular weight excluding hydrogens is 351 g/mol. The van der Waals surface area contributed by atoms with Crippen molar-refractivity contribution in [2.45, 2.75) is 30.8 Å². The summed E-state index contributed by atoms with van der Waals surface area (Å²) in [5.41, 5.74) is 1.61. The van der Waals surface area contributed by atoms with E-state index >= 15 is 0 Å². The molecule has 0 fully saturated rings. The molecule has 0 N–H and O–H groups in total. The summed E-state index contributed by atoms with van der Waals surface area (Å²) in [5, 5.41) is 9.87. The Morgan fingerprint density at radius 1 is 1.12 bits per heavy atom. The van der Waals surface area contributed by atoms with Crippen LogP contribution in [-0.4, -0.2) is 19.2 Å². The molecule has 0 aliphatic carbocycles. The lowest BCUT2D eigenvalue weighted by molar-refractivity contribution is 0.626. The minimum Gasteiger partial charge on any atom is -0.276 e. The van der Waals surface area contributed by atoms with Crippen LogP contribution in [0.25, 0.3) is 16.7 Å². The van der Waals surface area contributed by atoms with Crippen molar-refractivity contribution in [3.63, 3.8) is 0 Å². The smallest absolute Gasteiger partial charge is 0.262 e. The van der Waals surface area contributed by atoms with E-state index in [0.29, 0.717) is 28.6 Å². The molecule has 7 heteroatoms. The van der Waals surface area contributed by atoms with Gasteiger partial charge in [0.25, 0.3) is 5.56 Å². The van der Waals surface area contributed by atoms with Crippen LogP contribution < -0.4 is 5.56 Å². The molecule has 5 nitrogen and oxygen atoms in total. The van der Waals surface area contributed by atoms with E-state index in [4.69, 9.17) is 0 Å². The van der Waals surface area contributed by atoms with Gasteiger partial charge in [-0.2, -0.15) is 0 Å². The molecule has 0 saturated carbocycles. The van der Waals surface area contributed by atoms with Crippen LogP contribution in [0.2, 0.25) is 0 Å². The third-order valence-electron chi connectivity index (χ3n) is 4.18. The number of rotatable bonds is 5. The zero-order valence-electron chi connectivity index (χ0n) is 14.2. The van der Waals surface area contributed by atoms with Crippen molar-refractivity contribution in [1.29, 1.82) is 0 Å². The number of fused-ring (bicyclic) bond motifs is 3. The molecule has 0 spiro atoms. The second-order valence-electron chi connectivity index (χ2n) is 6.01. The van der Waals surface area contributed by atoms with E-state index in [1.54, 1.807) is 10.6 Å². The summed E-state index contributed by atoms with van der Waals surface area (Å²) in [4.78, 5) is 12.8. The molecule has 0 atom stereocenters. The predicted octanol–water partition coefficient (Wildman–Crippen LogP) is 3.89. The van der Waals surface area contributed by atoms with Crippen LogP contribution >= 0.6 is 11.8 Å². The minimum absolute atomic E-state index is 0.0518. The maximum absolute atomic E-state index is 13.4. The van der Waals surface area contributed by atoms with Crippen LogP contribution in [0.1, 0.15) is 18.9 Å². The highest BCUT2D eigenvalue weighted by molar-refractivity contribution is 7.98. The summed E-state index contributed by atoms with van der Waals surface area (Å²) >= 11 is 1.47. The second-order valence-corrected chi connectivity index (χ2v) is 6.95. The Kier molecular flexibility index (Phi) is 4.46. The number of halogens is 1. The molecule has 0 bridgehead atoms. The van der Waals surface area contributed by atoms with Gasteiger partial charge >= 0.3 is 0 Å². The molecule has 0 unspecified atom stereocenters. The third-order valence-corrected chi connectivity index (χ3v) is 5.18. The number of hydrogen-bond acceptors (Lipinski definition) is 4. The van der Waals surface area contributed by atoms with Gasteiger partial charge in [-0.1, -0.05) is 43.0 Å². The molecule has 0 radical (unpaired) electrons. The monoisotopic (exact) mass is 368 g/mol. The fourth-order valence-electron chi connectivity index (χ4n) is 3.03. The molecule has 26 heavy (non-hydrogen) atoms. The van der Waals surface area contributed by atoms with Crippen molar-refractivity contribution in [2.75, 3.05) is 0 Å². The molecular formula is C19H17FN4OS. The van der Waals surface area contributed by atoms with Crippen molar-refractivity contribution < 1.29 is 4.39 Å². The highest BCUT2D eigenvalue weighted by Crippen LogP contribution is 2.25. The summed E-state index contributed by atoms with van der Waals surface area (Å²) in [6.07, 6.45) is 0.826. The highest BCUT2D eigenvalue weighted by atomic mass is 32.2. The summed E-state index contributed by atoms with van der Waals surface area (Å²) in [7, 11) is 0. The summed E-state index contributed by atoms with van der Waals surface area (Å²) in [6, 6.07) is 14.0. The molecule has 132 valence electrons. The molecule has 2 heterocycles. The van der Waals surface area contributed by atoms with Gasteiger partial charge < -0.3 is 0 Å². The number of para-hydroxylation sites is 1. The number of aromatic nitrogens is 4. The number of aryl methyl sites for hydroxylation is 1. The number of hydrogen-bond donors (Lipinski definition) is 0. The summed E-state index contributed by atoms with van der Waals surface area (Å²) in [5.74, 6) is 0.855. The maximum Gasteiger partial charge on any atom is 0.262 e. The van der Waals surface area contributed by atoms with Crippen molar-refractivity contribution in [1.82, 2.24) is 19.2 Å². The predicted molar refractivity (Wildman–Crippen MR) is 101 cm³/mol. The van der Waals surface area contributed by atoms with Gasteiger partial charge in [-0.15, -0.1) is 10.2 Å². The van der Waals surface area contributed by atoms with E-state index in [-0.39, 0.29) is 11.4 Å². The number of thioether (sulfide) groups is 1. The molecule has 0 aliphatic rings. The molecule has 0 aliphatic heterocycles. The van der Waals surface area contributed by atoms with Gasteiger partial charge in [-0.25, -0.2) is 4.39 Å². The summed E-state index contributed by atoms with van der Waals surface area (Å²) < 4.78 is 17.0. The Morgan fingerprint density at radius 2 is 1.96 bits per heavy atom. The van der Waals surface area contributed by atoms with Crippen LogP contribution in [0.3, 0.4) is 0 Å². The van der Waals surface area contributed by atoms with Crippen LogP contribution in [-0.2, 0) is 12.3 Å². The lowest BCUT2D eigenvalue weighted by Crippen LogP contribution is -2.23. The first-order valence-electron chi connectivity index (χ1n) is 8.43. The van der Waals surface area contributed by atoms with E-state index in [1.165, 1.54) is 23.9 Å². The topological polar surface area (TPSA) is 52.2 Å². The number of nitrogens with zero attached hydrogens (tertiary/aromatic N) is 4. The third kappa shape index (κ3) is 2.88. The van der Waals surface area contributed by atoms with Crippen LogP contribution in [0.15, 0.2) is 58.5 Å². The van der Waals surface area contributed by atoms with E-state index in [9.17, 15) is 9.18 Å². The Morgan fingerprint density at radius 3 is 2.77 bits per heavy atom. The van der Waals surface area contributed by atoms with Gasteiger partial charge in [0.05, 0.1) is 10.9 Å². The Hall–Kier alpha value is -2.67. The van der Waals surface area contributed by atoms with Gasteiger partial charge in [0, 0.05) is 12.3 Å². The average Bonchev–Trinajstić information content (AvgIpc) is 3.07. The maximum atomic E-state index is 13.4. The zero-order valence-corrected chi connectivity index (χ0v) is 15.0. The van der Waals surface area contributed by atoms with Crippen molar-refractivity contribution >= 4 is 28.4 Å². The van der Waals surface area contributed by atoms with Gasteiger partial charge in [-0.3, -0.25) is 13.8 Å². The Bertz CT molecular complexity index is 1150. The van der Waals surface area contributed by atoms with Crippen molar-refractivity contribution in [2.24, 2.45) is 0 Å². The minimum atomic E-state index is -0.253. The molecule has 0 saturated heterocycles. The van der Waals surface area contributed by atoms with Crippen molar-refractivity contribution in [3.8, 4) is 0 Å². The zero-order chi connectivity index (χ0) is 18.1. The van der Waals surface area contributed by atoms with E-state index < -0.39 is 0 Å². The quantitative estimate of drug-likeness (QED) is 0.502. The average molecular weight is 368 g/mol. The number of benzene rings is 2. The van der Waals surface area contributed by atoms with Crippen LogP contribution in [0.5, 0.6) is 0 Å². The summed E-state index contributed by atoms with van der Waals surface area (Å²) in [6.45, 7) is 2.61. The lowest BCUT2D eigenvalue weighted by atomic mass is 10.2. The Balaban J connectivity index is 1.85. The lowest BCUT2D eigenvalue weighted by Gasteiger charge is -2.10. The van der Waals surface area contributed by atoms with E-state index in [0.717, 1.165) is 17.5 Å². The normalized spacial score (nSPS) is 11.5. The van der Waals surface area contributed by atoms with Gasteiger partial charge in [0.15, 0.2) is 5.16 Å². The molecule has 4 rings (SSSR count). The largest absolute Gasteiger partial charge is 0.276 e. The SMILES string of the molecule is CCCn1c(=O)c2ccccc2n2c(SCc3cccc(F)c3)nnc12. The molecule has 4 aromatic rings. The van der Waals surface area contributed by atoms with Crippen LogP contribution in [0.4, 0.5) is 4.39 Å². The van der Waals surface area contributed by atoms with E-state index in [2.05, 4.69) is 10.2 Å². The second kappa shape index (κ2) is 6.92. The van der Waals surface area contributed by atoms with Crippen molar-refractivity contribution in [3.05, 3.63) is 70.3 Å². The van der Waals surface area contributed by atoms with Gasteiger partial charge in [-0.05, 0) is 36.2 Å².